The van der Waals surface area contributed by atoms with Gasteiger partial charge < -0.3 is 19.7 Å². The number of methoxy groups -OCH3 is 1. The number of anilines is 1. The largest absolute Gasteiger partial charge is 0.449 e. The summed E-state index contributed by atoms with van der Waals surface area (Å²) in [6, 6.07) is 3.81. The average molecular weight is 339 g/mol. The summed E-state index contributed by atoms with van der Waals surface area (Å²) in [5, 5.41) is 13.9. The van der Waals surface area contributed by atoms with Gasteiger partial charge in [0.05, 0.1) is 17.1 Å². The highest BCUT2D eigenvalue weighted by molar-refractivity contribution is 5.98. The maximum atomic E-state index is 12.3. The fourth-order valence-corrected chi connectivity index (χ4v) is 1.89. The van der Waals surface area contributed by atoms with Crippen LogP contribution in [0.15, 0.2) is 18.2 Å². The number of rotatable bonds is 8. The monoisotopic (exact) mass is 339 g/mol. The number of nitro benzene ring substituents is 1. The third-order valence-corrected chi connectivity index (χ3v) is 3.13. The molecule has 1 N–H and O–H groups in total. The van der Waals surface area contributed by atoms with Gasteiger partial charge in [-0.05, 0) is 13.0 Å². The molecule has 9 nitrogen and oxygen atoms in total. The van der Waals surface area contributed by atoms with Crippen LogP contribution in [0.4, 0.5) is 11.4 Å². The van der Waals surface area contributed by atoms with Crippen LogP contribution in [0.5, 0.6) is 0 Å². The van der Waals surface area contributed by atoms with Gasteiger partial charge in [0.25, 0.3) is 11.6 Å². The Bertz CT molecular complexity index is 617. The molecule has 0 saturated carbocycles. The van der Waals surface area contributed by atoms with Crippen LogP contribution in [0.25, 0.3) is 0 Å². The Morgan fingerprint density at radius 3 is 2.58 bits per heavy atom. The lowest BCUT2D eigenvalue weighted by molar-refractivity contribution is -0.384. The van der Waals surface area contributed by atoms with Crippen LogP contribution < -0.4 is 5.32 Å². The number of non-ortho nitro benzene ring substituents is 1. The molecule has 0 aliphatic rings. The minimum atomic E-state index is -1.00. The smallest absolute Gasteiger partial charge is 0.341 e. The summed E-state index contributed by atoms with van der Waals surface area (Å²) in [6.07, 6.45) is -1.00. The number of likely N-dealkylation sites (N-methyl/N-ethyl adjacent to an activating group) is 1. The number of carbonyl (C=O) groups is 2. The molecule has 1 aromatic carbocycles. The first-order chi connectivity index (χ1) is 11.3. The van der Waals surface area contributed by atoms with Gasteiger partial charge in [0.15, 0.2) is 6.10 Å². The van der Waals surface area contributed by atoms with Crippen molar-refractivity contribution in [3.63, 3.8) is 0 Å². The van der Waals surface area contributed by atoms with E-state index in [-0.39, 0.29) is 17.2 Å². The molecule has 9 heteroatoms. The van der Waals surface area contributed by atoms with E-state index in [0.29, 0.717) is 18.8 Å². The van der Waals surface area contributed by atoms with Crippen LogP contribution in [0, 0.1) is 10.1 Å². The highest BCUT2D eigenvalue weighted by Gasteiger charge is 2.23. The minimum Gasteiger partial charge on any atom is -0.449 e. The maximum absolute atomic E-state index is 12.3. The molecule has 0 radical (unpaired) electrons. The molecule has 0 bridgehead atoms. The van der Waals surface area contributed by atoms with Crippen molar-refractivity contribution in [1.29, 1.82) is 0 Å². The summed E-state index contributed by atoms with van der Waals surface area (Å²) in [6.45, 7) is 2.23. The van der Waals surface area contributed by atoms with Gasteiger partial charge in [-0.1, -0.05) is 0 Å². The summed E-state index contributed by atoms with van der Waals surface area (Å²) in [5.41, 5.74) is 0.108. The molecule has 132 valence electrons. The molecule has 0 aliphatic carbocycles. The van der Waals surface area contributed by atoms with Gasteiger partial charge in [0.1, 0.15) is 0 Å². The van der Waals surface area contributed by atoms with Crippen molar-refractivity contribution in [2.75, 3.05) is 39.7 Å². The molecule has 1 aromatic rings. The van der Waals surface area contributed by atoms with Crippen molar-refractivity contribution in [2.24, 2.45) is 0 Å². The summed E-state index contributed by atoms with van der Waals surface area (Å²) in [7, 11) is 4.61. The Hall–Kier alpha value is -2.68. The maximum Gasteiger partial charge on any atom is 0.341 e. The predicted octanol–water partition coefficient (Wildman–Crippen LogP) is 1.29. The molecule has 0 aromatic heterocycles. The van der Waals surface area contributed by atoms with Crippen molar-refractivity contribution < 1.29 is 24.0 Å². The van der Waals surface area contributed by atoms with E-state index in [1.165, 1.54) is 45.2 Å². The molecule has 0 heterocycles. The van der Waals surface area contributed by atoms with Crippen LogP contribution in [-0.4, -0.2) is 62.2 Å². The number of hydrogen-bond donors (Lipinski definition) is 1. The molecular weight excluding hydrogens is 318 g/mol. The first-order valence-electron chi connectivity index (χ1n) is 7.21. The Labute approximate surface area is 139 Å². The molecule has 0 saturated heterocycles. The first-order valence-corrected chi connectivity index (χ1v) is 7.21. The van der Waals surface area contributed by atoms with Gasteiger partial charge >= 0.3 is 5.97 Å². The first kappa shape index (κ1) is 19.4. The van der Waals surface area contributed by atoms with E-state index in [1.807, 2.05) is 0 Å². The lowest BCUT2D eigenvalue weighted by atomic mass is 10.1. The predicted molar refractivity (Wildman–Crippen MR) is 87.0 cm³/mol. The average Bonchev–Trinajstić information content (AvgIpc) is 2.53. The molecular formula is C15H21N3O6. The molecule has 0 aliphatic heterocycles. The SMILES string of the molecule is COCCNc1ccc([N+](=O)[O-])cc1C(=O)O[C@H](C)C(=O)N(C)C. The lowest BCUT2D eigenvalue weighted by Gasteiger charge is -2.18. The van der Waals surface area contributed by atoms with E-state index in [2.05, 4.69) is 5.32 Å². The van der Waals surface area contributed by atoms with Crippen molar-refractivity contribution >= 4 is 23.3 Å². The van der Waals surface area contributed by atoms with E-state index in [1.54, 1.807) is 0 Å². The number of hydrogen-bond acceptors (Lipinski definition) is 7. The Balaban J connectivity index is 3.03. The van der Waals surface area contributed by atoms with Crippen LogP contribution >= 0.6 is 0 Å². The van der Waals surface area contributed by atoms with Gasteiger partial charge in [-0.15, -0.1) is 0 Å². The quantitative estimate of drug-likeness (QED) is 0.329. The summed E-state index contributed by atoms with van der Waals surface area (Å²) in [4.78, 5) is 35.7. The second kappa shape index (κ2) is 8.82. The van der Waals surface area contributed by atoms with Crippen molar-refractivity contribution in [1.82, 2.24) is 4.90 Å². The Morgan fingerprint density at radius 2 is 2.04 bits per heavy atom. The summed E-state index contributed by atoms with van der Waals surface area (Å²) < 4.78 is 10.0. The number of nitrogens with zero attached hydrogens (tertiary/aromatic N) is 2. The standard InChI is InChI=1S/C15H21N3O6/c1-10(14(19)17(2)3)24-15(20)12-9-11(18(21)22)5-6-13(12)16-7-8-23-4/h5-6,9-10,16H,7-8H2,1-4H3/t10-/m1/s1. The second-order valence-electron chi connectivity index (χ2n) is 5.19. The van der Waals surface area contributed by atoms with Crippen LogP contribution in [-0.2, 0) is 14.3 Å². The zero-order valence-electron chi connectivity index (χ0n) is 14.1. The van der Waals surface area contributed by atoms with Gasteiger partial charge in [0.2, 0.25) is 0 Å². The summed E-state index contributed by atoms with van der Waals surface area (Å²) >= 11 is 0. The molecule has 1 amide bonds. The molecule has 1 atom stereocenters. The van der Waals surface area contributed by atoms with Gasteiger partial charge in [0, 0.05) is 45.6 Å². The van der Waals surface area contributed by atoms with E-state index in [9.17, 15) is 19.7 Å². The number of ether oxygens (including phenoxy) is 2. The highest BCUT2D eigenvalue weighted by atomic mass is 16.6. The number of benzene rings is 1. The van der Waals surface area contributed by atoms with Crippen LogP contribution in [0.2, 0.25) is 0 Å². The van der Waals surface area contributed by atoms with Gasteiger partial charge in [-0.3, -0.25) is 14.9 Å². The van der Waals surface area contributed by atoms with E-state index < -0.39 is 17.0 Å². The topological polar surface area (TPSA) is 111 Å². The van der Waals surface area contributed by atoms with Crippen molar-refractivity contribution in [3.05, 3.63) is 33.9 Å². The molecule has 0 unspecified atom stereocenters. The minimum absolute atomic E-state index is 0.0151. The molecule has 0 spiro atoms. The number of carbonyl (C=O) groups excluding carboxylic acids is 2. The van der Waals surface area contributed by atoms with E-state index in [0.717, 1.165) is 6.07 Å². The van der Waals surface area contributed by atoms with Gasteiger partial charge in [-0.25, -0.2) is 4.79 Å². The number of amides is 1. The summed E-state index contributed by atoms with van der Waals surface area (Å²) in [5.74, 6) is -1.20. The fourth-order valence-electron chi connectivity index (χ4n) is 1.89. The van der Waals surface area contributed by atoms with Crippen molar-refractivity contribution in [2.45, 2.75) is 13.0 Å². The van der Waals surface area contributed by atoms with Gasteiger partial charge in [-0.2, -0.15) is 0 Å². The third-order valence-electron chi connectivity index (χ3n) is 3.13. The third kappa shape index (κ3) is 5.20. The number of nitro groups is 1. The number of esters is 1. The molecule has 0 fully saturated rings. The van der Waals surface area contributed by atoms with Crippen LogP contribution in [0.1, 0.15) is 17.3 Å². The lowest BCUT2D eigenvalue weighted by Crippen LogP contribution is -2.35. The van der Waals surface area contributed by atoms with Crippen LogP contribution in [0.3, 0.4) is 0 Å². The van der Waals surface area contributed by atoms with Crippen molar-refractivity contribution in [3.8, 4) is 0 Å². The number of nitrogens with one attached hydrogen (secondary N) is 1. The highest BCUT2D eigenvalue weighted by Crippen LogP contribution is 2.23. The molecule has 1 rings (SSSR count). The Morgan fingerprint density at radius 1 is 1.38 bits per heavy atom. The second-order valence-corrected chi connectivity index (χ2v) is 5.19. The van der Waals surface area contributed by atoms with E-state index >= 15 is 0 Å². The van der Waals surface area contributed by atoms with E-state index in [4.69, 9.17) is 9.47 Å². The Kier molecular flexibility index (Phi) is 7.12. The molecule has 24 heavy (non-hydrogen) atoms. The zero-order chi connectivity index (χ0) is 18.3. The normalized spacial score (nSPS) is 11.5. The fraction of sp³-hybridized carbons (Fsp3) is 0.467. The zero-order valence-corrected chi connectivity index (χ0v) is 14.1.